The molecule has 0 aliphatic heterocycles. The summed E-state index contributed by atoms with van der Waals surface area (Å²) in [6.07, 6.45) is 3.10. The van der Waals surface area contributed by atoms with Crippen LogP contribution in [0.3, 0.4) is 0 Å². The molecule has 0 N–H and O–H groups in total. The van der Waals surface area contributed by atoms with Gasteiger partial charge in [-0.3, -0.25) is 4.79 Å². The van der Waals surface area contributed by atoms with Gasteiger partial charge in [0, 0.05) is 39.7 Å². The van der Waals surface area contributed by atoms with Crippen molar-refractivity contribution in [2.24, 2.45) is 0 Å². The summed E-state index contributed by atoms with van der Waals surface area (Å²) in [5.41, 5.74) is 4.48. The molecule has 0 spiro atoms. The highest BCUT2D eigenvalue weighted by Crippen LogP contribution is 2.39. The molecule has 3 aromatic rings. The molecule has 0 fully saturated rings. The van der Waals surface area contributed by atoms with Gasteiger partial charge in [0.15, 0.2) is 0 Å². The fourth-order valence-corrected chi connectivity index (χ4v) is 5.54. The van der Waals surface area contributed by atoms with Gasteiger partial charge < -0.3 is 9.80 Å². The fourth-order valence-electron chi connectivity index (χ4n) is 4.14. The lowest BCUT2D eigenvalue weighted by atomic mass is 9.86. The van der Waals surface area contributed by atoms with E-state index >= 15 is 0 Å². The standard InChI is InChI=1S/C25H27BrN2OS/c1-17-15-23-22(5-4-6-24(23)30-17)25(29)28(21-13-9-19(26)10-14-21)16-18-7-11-20(12-8-18)27(2)3/h7-15,22H,4-6,16H2,1-3H3. The number of amides is 1. The summed E-state index contributed by atoms with van der Waals surface area (Å²) in [5, 5.41) is 0. The van der Waals surface area contributed by atoms with Crippen molar-refractivity contribution in [3.63, 3.8) is 0 Å². The van der Waals surface area contributed by atoms with Crippen LogP contribution in [0.2, 0.25) is 0 Å². The minimum atomic E-state index is -0.0524. The topological polar surface area (TPSA) is 23.6 Å². The van der Waals surface area contributed by atoms with Crippen LogP contribution in [0.25, 0.3) is 0 Å². The van der Waals surface area contributed by atoms with Crippen molar-refractivity contribution in [3.8, 4) is 0 Å². The van der Waals surface area contributed by atoms with E-state index in [0.29, 0.717) is 6.54 Å². The van der Waals surface area contributed by atoms with Crippen molar-refractivity contribution < 1.29 is 4.79 Å². The summed E-state index contributed by atoms with van der Waals surface area (Å²) in [5.74, 6) is 0.149. The molecule has 30 heavy (non-hydrogen) atoms. The van der Waals surface area contributed by atoms with Gasteiger partial charge >= 0.3 is 0 Å². The van der Waals surface area contributed by atoms with Crippen molar-refractivity contribution in [2.45, 2.75) is 38.6 Å². The van der Waals surface area contributed by atoms with E-state index in [1.807, 2.05) is 54.6 Å². The number of hydrogen-bond donors (Lipinski definition) is 0. The van der Waals surface area contributed by atoms with E-state index in [1.54, 1.807) is 0 Å². The molecule has 3 nitrogen and oxygen atoms in total. The quantitative estimate of drug-likeness (QED) is 0.412. The van der Waals surface area contributed by atoms with Crippen LogP contribution in [0.15, 0.2) is 59.1 Å². The summed E-state index contributed by atoms with van der Waals surface area (Å²) in [6, 6.07) is 18.8. The number of anilines is 2. The van der Waals surface area contributed by atoms with Gasteiger partial charge in [-0.2, -0.15) is 0 Å². The van der Waals surface area contributed by atoms with Crippen LogP contribution in [-0.2, 0) is 17.8 Å². The smallest absolute Gasteiger partial charge is 0.234 e. The Morgan fingerprint density at radius 2 is 1.73 bits per heavy atom. The maximum atomic E-state index is 13.8. The third-order valence-corrected chi connectivity index (χ3v) is 7.39. The lowest BCUT2D eigenvalue weighted by molar-refractivity contribution is -0.120. The van der Waals surface area contributed by atoms with E-state index in [-0.39, 0.29) is 11.8 Å². The van der Waals surface area contributed by atoms with Crippen LogP contribution in [0.1, 0.15) is 39.6 Å². The van der Waals surface area contributed by atoms with Gasteiger partial charge in [-0.05, 0) is 79.8 Å². The molecule has 1 aromatic heterocycles. The first kappa shape index (κ1) is 21.1. The highest BCUT2D eigenvalue weighted by molar-refractivity contribution is 9.10. The van der Waals surface area contributed by atoms with Crippen LogP contribution < -0.4 is 9.80 Å². The number of nitrogens with zero attached hydrogens (tertiary/aromatic N) is 2. The average molecular weight is 483 g/mol. The molecule has 1 aliphatic rings. The number of benzene rings is 2. The Kier molecular flexibility index (Phi) is 6.30. The van der Waals surface area contributed by atoms with Gasteiger partial charge in [0.25, 0.3) is 0 Å². The molecule has 2 aromatic carbocycles. The normalized spacial score (nSPS) is 15.5. The van der Waals surface area contributed by atoms with Gasteiger partial charge in [-0.1, -0.05) is 28.1 Å². The highest BCUT2D eigenvalue weighted by Gasteiger charge is 2.32. The largest absolute Gasteiger partial charge is 0.378 e. The number of hydrogen-bond acceptors (Lipinski definition) is 3. The van der Waals surface area contributed by atoms with Crippen LogP contribution in [0, 0.1) is 6.92 Å². The third-order valence-electron chi connectivity index (χ3n) is 5.73. The maximum Gasteiger partial charge on any atom is 0.234 e. The number of halogens is 1. The molecule has 1 amide bonds. The van der Waals surface area contributed by atoms with E-state index in [2.05, 4.69) is 58.1 Å². The zero-order valence-electron chi connectivity index (χ0n) is 17.7. The van der Waals surface area contributed by atoms with E-state index in [0.717, 1.165) is 40.7 Å². The summed E-state index contributed by atoms with van der Waals surface area (Å²) >= 11 is 5.36. The van der Waals surface area contributed by atoms with Crippen molar-refractivity contribution in [2.75, 3.05) is 23.9 Å². The summed E-state index contributed by atoms with van der Waals surface area (Å²) in [7, 11) is 4.08. The SMILES string of the molecule is Cc1cc2c(s1)CCCC2C(=O)N(Cc1ccc(N(C)C)cc1)c1ccc(Br)cc1. The zero-order chi connectivity index (χ0) is 21.3. The van der Waals surface area contributed by atoms with E-state index in [9.17, 15) is 4.79 Å². The molecular weight excluding hydrogens is 456 g/mol. The molecule has 0 saturated carbocycles. The predicted molar refractivity (Wildman–Crippen MR) is 131 cm³/mol. The lowest BCUT2D eigenvalue weighted by Crippen LogP contribution is -2.35. The number of carbonyl (C=O) groups is 1. The Labute approximate surface area is 191 Å². The number of thiophene rings is 1. The molecular formula is C25H27BrN2OS. The van der Waals surface area contributed by atoms with Crippen molar-refractivity contribution in [1.29, 1.82) is 0 Å². The summed E-state index contributed by atoms with van der Waals surface area (Å²) < 4.78 is 1.02. The molecule has 4 rings (SSSR count). The highest BCUT2D eigenvalue weighted by atomic mass is 79.9. The molecule has 156 valence electrons. The maximum absolute atomic E-state index is 13.8. The first-order valence-electron chi connectivity index (χ1n) is 10.3. The molecule has 5 heteroatoms. The second kappa shape index (κ2) is 8.94. The number of fused-ring (bicyclic) bond motifs is 1. The molecule has 1 heterocycles. The second-order valence-electron chi connectivity index (χ2n) is 8.14. The second-order valence-corrected chi connectivity index (χ2v) is 10.4. The first-order chi connectivity index (χ1) is 14.4. The summed E-state index contributed by atoms with van der Waals surface area (Å²) in [4.78, 5) is 20.6. The Morgan fingerprint density at radius 1 is 1.07 bits per heavy atom. The van der Waals surface area contributed by atoms with Crippen LogP contribution in [0.4, 0.5) is 11.4 Å². The minimum Gasteiger partial charge on any atom is -0.378 e. The Morgan fingerprint density at radius 3 is 2.40 bits per heavy atom. The Hall–Kier alpha value is -2.11. The number of aryl methyl sites for hydroxylation is 2. The van der Waals surface area contributed by atoms with E-state index in [4.69, 9.17) is 0 Å². The van der Waals surface area contributed by atoms with E-state index in [1.165, 1.54) is 15.3 Å². The Balaban J connectivity index is 1.67. The van der Waals surface area contributed by atoms with Crippen molar-refractivity contribution >= 4 is 44.5 Å². The van der Waals surface area contributed by atoms with E-state index < -0.39 is 0 Å². The van der Waals surface area contributed by atoms with Crippen LogP contribution >= 0.6 is 27.3 Å². The van der Waals surface area contributed by atoms with Crippen molar-refractivity contribution in [3.05, 3.63) is 80.0 Å². The monoisotopic (exact) mass is 482 g/mol. The number of rotatable bonds is 5. The van der Waals surface area contributed by atoms with Crippen LogP contribution in [-0.4, -0.2) is 20.0 Å². The summed E-state index contributed by atoms with van der Waals surface area (Å²) in [6.45, 7) is 2.71. The van der Waals surface area contributed by atoms with Gasteiger partial charge in [0.05, 0.1) is 12.5 Å². The zero-order valence-corrected chi connectivity index (χ0v) is 20.1. The molecule has 0 radical (unpaired) electrons. The molecule has 0 saturated heterocycles. The lowest BCUT2D eigenvalue weighted by Gasteiger charge is -2.30. The first-order valence-corrected chi connectivity index (χ1v) is 12.0. The third kappa shape index (κ3) is 4.47. The van der Waals surface area contributed by atoms with Gasteiger partial charge in [0.2, 0.25) is 5.91 Å². The Bertz CT molecular complexity index is 1020. The predicted octanol–water partition coefficient (Wildman–Crippen LogP) is 6.54. The number of carbonyl (C=O) groups excluding carboxylic acids is 1. The fraction of sp³-hybridized carbons (Fsp3) is 0.320. The van der Waals surface area contributed by atoms with Gasteiger partial charge in [-0.25, -0.2) is 0 Å². The molecule has 1 unspecified atom stereocenters. The van der Waals surface area contributed by atoms with Gasteiger partial charge in [0.1, 0.15) is 0 Å². The average Bonchev–Trinajstić information content (AvgIpc) is 3.13. The van der Waals surface area contributed by atoms with Gasteiger partial charge in [-0.15, -0.1) is 11.3 Å². The van der Waals surface area contributed by atoms with Crippen LogP contribution in [0.5, 0.6) is 0 Å². The molecule has 0 bridgehead atoms. The molecule has 1 atom stereocenters. The minimum absolute atomic E-state index is 0.0524. The van der Waals surface area contributed by atoms with Crippen molar-refractivity contribution in [1.82, 2.24) is 0 Å². The molecule has 1 aliphatic carbocycles.